The number of pyridine rings is 4. The Kier molecular flexibility index (Phi) is 11.2. The Morgan fingerprint density at radius 1 is 0.500 bits per heavy atom. The molecule has 288 valence electrons. The van der Waals surface area contributed by atoms with E-state index >= 15 is 0 Å². The van der Waals surface area contributed by atoms with Crippen LogP contribution >= 0.6 is 0 Å². The number of imidazole rings is 1. The minimum absolute atomic E-state index is 0. The summed E-state index contributed by atoms with van der Waals surface area (Å²) in [7, 11) is 0. The van der Waals surface area contributed by atoms with Gasteiger partial charge in [0.05, 0.1) is 33.2 Å². The molecule has 0 spiro atoms. The van der Waals surface area contributed by atoms with Gasteiger partial charge in [-0.15, -0.1) is 0 Å². The molecule has 0 amide bonds. The predicted molar refractivity (Wildman–Crippen MR) is 233 cm³/mol. The molecule has 0 bridgehead atoms. The van der Waals surface area contributed by atoms with Crippen molar-refractivity contribution >= 4 is 72.5 Å². The van der Waals surface area contributed by atoms with Crippen molar-refractivity contribution < 1.29 is 14.4 Å². The standard InChI is InChI=1S/C22H15N5.C12H6N2O2.C10H9NO.3CH4/c1-12-17(13-6-2-3-9-16(13)25-12)22-26-20-14-7-4-10-23-18(14)19-15(21(20)27-22)8-5-11-24-19;15-11-7-3-1-5-13-9(7)10-8(12(11)16)4-2-6-14-10;1-7-9(6-12)8-4-2-3-5-10(8)11-7;;;/h2-11,25H,1H3,(H,26,27);1-6H;2-6,11H,1H3;3*1H4. The van der Waals surface area contributed by atoms with Crippen LogP contribution in [0.3, 0.4) is 0 Å². The van der Waals surface area contributed by atoms with E-state index in [0.717, 1.165) is 83.9 Å². The van der Waals surface area contributed by atoms with E-state index in [1.807, 2.05) is 55.6 Å². The van der Waals surface area contributed by atoms with Crippen LogP contribution in [0.5, 0.6) is 0 Å². The van der Waals surface area contributed by atoms with E-state index in [4.69, 9.17) is 4.98 Å². The van der Waals surface area contributed by atoms with Gasteiger partial charge in [0.1, 0.15) is 17.2 Å². The number of rotatable bonds is 2. The number of hydrogen-bond acceptors (Lipinski definition) is 8. The highest BCUT2D eigenvalue weighted by Crippen LogP contribution is 2.36. The minimum Gasteiger partial charge on any atom is -0.358 e. The first kappa shape index (κ1) is 40.0. The zero-order valence-electron chi connectivity index (χ0n) is 29.6. The van der Waals surface area contributed by atoms with E-state index in [0.29, 0.717) is 22.5 Å². The number of aromatic amines is 3. The highest BCUT2D eigenvalue weighted by Gasteiger charge is 2.31. The molecule has 11 heteroatoms. The molecule has 1 aliphatic carbocycles. The van der Waals surface area contributed by atoms with Crippen LogP contribution < -0.4 is 0 Å². The van der Waals surface area contributed by atoms with Crippen LogP contribution in [-0.4, -0.2) is 57.7 Å². The van der Waals surface area contributed by atoms with Crippen molar-refractivity contribution in [3.8, 4) is 22.8 Å². The Morgan fingerprint density at radius 2 is 0.983 bits per heavy atom. The number of aromatic nitrogens is 8. The fraction of sp³-hybridized carbons (Fsp3) is 0.106. The number of aryl methyl sites for hydroxylation is 2. The number of fused-ring (bicyclic) bond motifs is 11. The lowest BCUT2D eigenvalue weighted by molar-refractivity contribution is 0.0814. The Balaban J connectivity index is 0.000000157. The van der Waals surface area contributed by atoms with Crippen LogP contribution in [0.15, 0.2) is 122 Å². The molecule has 0 saturated heterocycles. The van der Waals surface area contributed by atoms with Gasteiger partial charge in [0.25, 0.3) is 0 Å². The molecule has 11 nitrogen and oxygen atoms in total. The van der Waals surface area contributed by atoms with E-state index in [-0.39, 0.29) is 22.3 Å². The number of Topliss-reactive ketones (excluding diaryl/α,β-unsaturated/α-hetero) is 2. The zero-order valence-corrected chi connectivity index (χ0v) is 29.6. The van der Waals surface area contributed by atoms with Crippen molar-refractivity contribution in [3.05, 3.63) is 150 Å². The summed E-state index contributed by atoms with van der Waals surface area (Å²) in [5.41, 5.74) is 11.4. The maximum atomic E-state index is 11.8. The predicted octanol–water partition coefficient (Wildman–Crippen LogP) is 10.8. The first-order valence-electron chi connectivity index (χ1n) is 17.5. The maximum absolute atomic E-state index is 11.8. The number of carbonyl (C=O) groups excluding carboxylic acids is 3. The van der Waals surface area contributed by atoms with Crippen molar-refractivity contribution in [1.82, 2.24) is 39.9 Å². The normalized spacial score (nSPS) is 11.3. The van der Waals surface area contributed by atoms with Gasteiger partial charge in [0, 0.05) is 79.9 Å². The van der Waals surface area contributed by atoms with Crippen LogP contribution in [0.25, 0.3) is 77.4 Å². The quantitative estimate of drug-likeness (QED) is 0.0889. The number of hydrogen-bond donors (Lipinski definition) is 3. The fourth-order valence-electron chi connectivity index (χ4n) is 7.29. The number of nitrogens with zero attached hydrogens (tertiary/aromatic N) is 5. The summed E-state index contributed by atoms with van der Waals surface area (Å²) in [6.45, 7) is 3.99. The third-order valence-electron chi connectivity index (χ3n) is 9.79. The highest BCUT2D eigenvalue weighted by atomic mass is 16.2. The molecule has 3 aromatic carbocycles. The van der Waals surface area contributed by atoms with Crippen molar-refractivity contribution in [2.45, 2.75) is 36.1 Å². The molecule has 0 unspecified atom stereocenters. The molecular weight excluding hydrogens is 725 g/mol. The molecule has 0 fully saturated rings. The molecule has 7 aromatic heterocycles. The number of aldehydes is 1. The first-order valence-corrected chi connectivity index (χ1v) is 17.5. The van der Waals surface area contributed by atoms with Gasteiger partial charge in [0.2, 0.25) is 11.6 Å². The molecule has 0 saturated carbocycles. The van der Waals surface area contributed by atoms with Crippen LogP contribution in [0.2, 0.25) is 0 Å². The molecule has 11 rings (SSSR count). The molecule has 7 heterocycles. The van der Waals surface area contributed by atoms with Gasteiger partial charge in [-0.1, -0.05) is 58.7 Å². The molecule has 0 aliphatic heterocycles. The molecular formula is C47H42N8O3. The monoisotopic (exact) mass is 766 g/mol. The summed E-state index contributed by atoms with van der Waals surface area (Å²) in [6, 6.07) is 30.6. The Hall–Kier alpha value is -7.66. The molecule has 10 aromatic rings. The second kappa shape index (κ2) is 16.2. The average Bonchev–Trinajstić information content (AvgIpc) is 3.92. The SMILES string of the molecule is C.C.C.Cc1[nH]c2ccccc2c1-c1nc2c3cccnc3c3ncccc3c2[nH]1.Cc1[nH]c2ccccc2c1C=O.O=C1C(=O)c2cccnc2-c2ncccc21. The smallest absolute Gasteiger partial charge is 0.235 e. The highest BCUT2D eigenvalue weighted by molar-refractivity contribution is 6.52. The lowest BCUT2D eigenvalue weighted by Crippen LogP contribution is -2.22. The summed E-state index contributed by atoms with van der Waals surface area (Å²) >= 11 is 0. The van der Waals surface area contributed by atoms with E-state index in [1.165, 1.54) is 5.39 Å². The third-order valence-corrected chi connectivity index (χ3v) is 9.79. The second-order valence-electron chi connectivity index (χ2n) is 13.1. The van der Waals surface area contributed by atoms with Crippen molar-refractivity contribution in [2.24, 2.45) is 0 Å². The van der Waals surface area contributed by atoms with E-state index < -0.39 is 11.6 Å². The van der Waals surface area contributed by atoms with Gasteiger partial charge in [-0.05, 0) is 74.5 Å². The van der Waals surface area contributed by atoms with Crippen molar-refractivity contribution in [2.75, 3.05) is 0 Å². The van der Waals surface area contributed by atoms with Crippen LogP contribution in [0, 0.1) is 13.8 Å². The van der Waals surface area contributed by atoms with Gasteiger partial charge in [0.15, 0.2) is 6.29 Å². The average molecular weight is 767 g/mol. The van der Waals surface area contributed by atoms with Gasteiger partial charge < -0.3 is 15.0 Å². The number of carbonyl (C=O) groups is 3. The van der Waals surface area contributed by atoms with Crippen molar-refractivity contribution in [3.63, 3.8) is 0 Å². The topological polar surface area (TPSA) is 163 Å². The lowest BCUT2D eigenvalue weighted by atomic mass is 9.91. The Bertz CT molecular complexity index is 3030. The van der Waals surface area contributed by atoms with E-state index in [1.54, 1.807) is 42.9 Å². The molecule has 3 N–H and O–H groups in total. The molecule has 0 radical (unpaired) electrons. The molecule has 0 atom stereocenters. The van der Waals surface area contributed by atoms with Gasteiger partial charge in [-0.3, -0.25) is 34.3 Å². The summed E-state index contributed by atoms with van der Waals surface area (Å²) in [5, 5.41) is 4.22. The minimum atomic E-state index is -0.511. The summed E-state index contributed by atoms with van der Waals surface area (Å²) in [4.78, 5) is 66.8. The summed E-state index contributed by atoms with van der Waals surface area (Å²) in [5.74, 6) is -0.159. The fourth-order valence-corrected chi connectivity index (χ4v) is 7.29. The van der Waals surface area contributed by atoms with E-state index in [9.17, 15) is 14.4 Å². The number of benzene rings is 3. The number of nitrogens with one attached hydrogen (secondary N) is 3. The molecule has 58 heavy (non-hydrogen) atoms. The van der Waals surface area contributed by atoms with Crippen molar-refractivity contribution in [1.29, 1.82) is 0 Å². The van der Waals surface area contributed by atoms with Gasteiger partial charge in [-0.2, -0.15) is 0 Å². The summed E-state index contributed by atoms with van der Waals surface area (Å²) in [6.07, 6.45) is 7.68. The Labute approximate surface area is 334 Å². The second-order valence-corrected chi connectivity index (χ2v) is 13.1. The number of ketones is 2. The van der Waals surface area contributed by atoms with Crippen LogP contribution in [0.4, 0.5) is 0 Å². The van der Waals surface area contributed by atoms with E-state index in [2.05, 4.69) is 72.1 Å². The zero-order chi connectivity index (χ0) is 37.6. The maximum Gasteiger partial charge on any atom is 0.235 e. The van der Waals surface area contributed by atoms with Crippen LogP contribution in [0.1, 0.15) is 64.7 Å². The Morgan fingerprint density at radius 3 is 1.60 bits per heavy atom. The lowest BCUT2D eigenvalue weighted by Gasteiger charge is -2.14. The first-order chi connectivity index (χ1) is 26.9. The largest absolute Gasteiger partial charge is 0.358 e. The number of para-hydroxylation sites is 2. The third kappa shape index (κ3) is 6.58. The van der Waals surface area contributed by atoms with Gasteiger partial charge >= 0.3 is 0 Å². The summed E-state index contributed by atoms with van der Waals surface area (Å²) < 4.78 is 0. The van der Waals surface area contributed by atoms with Gasteiger partial charge in [-0.25, -0.2) is 4.98 Å². The molecule has 1 aliphatic rings. The van der Waals surface area contributed by atoms with Crippen LogP contribution in [-0.2, 0) is 0 Å². The number of H-pyrrole nitrogens is 3.